The molecule has 3 aromatic rings. The Labute approximate surface area is 158 Å². The first-order valence-corrected chi connectivity index (χ1v) is 8.68. The van der Waals surface area contributed by atoms with Crippen LogP contribution in [0.2, 0.25) is 0 Å². The summed E-state index contributed by atoms with van der Waals surface area (Å²) in [5, 5.41) is 6.51. The van der Waals surface area contributed by atoms with Gasteiger partial charge in [-0.25, -0.2) is 4.79 Å². The molecule has 0 atom stereocenters. The van der Waals surface area contributed by atoms with Gasteiger partial charge in [-0.15, -0.1) is 0 Å². The predicted octanol–water partition coefficient (Wildman–Crippen LogP) is 4.06. The second kappa shape index (κ2) is 8.72. The quantitative estimate of drug-likeness (QED) is 0.691. The monoisotopic (exact) mass is 359 g/mol. The van der Waals surface area contributed by atoms with Crippen molar-refractivity contribution in [3.8, 4) is 17.6 Å². The van der Waals surface area contributed by atoms with Gasteiger partial charge in [0.15, 0.2) is 0 Å². The molecular formula is C22H21N3O2. The van der Waals surface area contributed by atoms with Crippen LogP contribution in [-0.2, 0) is 0 Å². The zero-order chi connectivity index (χ0) is 19.1. The number of pyridine rings is 1. The van der Waals surface area contributed by atoms with E-state index in [1.54, 1.807) is 6.20 Å². The molecule has 5 nitrogen and oxygen atoms in total. The highest BCUT2D eigenvalue weighted by Gasteiger charge is 2.02. The molecule has 0 aliphatic carbocycles. The molecule has 2 amide bonds. The number of nitrogens with one attached hydrogen (secondary N) is 2. The molecule has 0 fully saturated rings. The smallest absolute Gasteiger partial charge is 0.319 e. The highest BCUT2D eigenvalue weighted by Crippen LogP contribution is 2.22. The predicted molar refractivity (Wildman–Crippen MR) is 108 cm³/mol. The number of anilines is 1. The number of nitrogens with zero attached hydrogens (tertiary/aromatic N) is 1. The second-order valence-electron chi connectivity index (χ2n) is 6.08. The van der Waals surface area contributed by atoms with Crippen LogP contribution in [0, 0.1) is 25.7 Å². The number of aryl methyl sites for hydroxylation is 2. The van der Waals surface area contributed by atoms with Gasteiger partial charge in [-0.1, -0.05) is 36.1 Å². The Bertz CT molecular complexity index is 1010. The molecular weight excluding hydrogens is 338 g/mol. The average molecular weight is 359 g/mol. The van der Waals surface area contributed by atoms with Crippen LogP contribution in [0.3, 0.4) is 0 Å². The average Bonchev–Trinajstić information content (AvgIpc) is 2.67. The lowest BCUT2D eigenvalue weighted by Gasteiger charge is -2.07. The Balaban J connectivity index is 1.45. The third-order valence-corrected chi connectivity index (χ3v) is 4.12. The van der Waals surface area contributed by atoms with Gasteiger partial charge in [0, 0.05) is 17.3 Å². The number of benzene rings is 2. The molecule has 136 valence electrons. The van der Waals surface area contributed by atoms with Gasteiger partial charge in [-0.3, -0.25) is 4.98 Å². The van der Waals surface area contributed by atoms with Crippen molar-refractivity contribution in [2.45, 2.75) is 13.8 Å². The molecule has 27 heavy (non-hydrogen) atoms. The van der Waals surface area contributed by atoms with E-state index in [0.717, 1.165) is 22.2 Å². The molecule has 5 heteroatoms. The van der Waals surface area contributed by atoms with Crippen molar-refractivity contribution in [3.05, 3.63) is 65.9 Å². The fourth-order valence-corrected chi connectivity index (χ4v) is 2.54. The topological polar surface area (TPSA) is 63.2 Å². The lowest BCUT2D eigenvalue weighted by atomic mass is 10.1. The summed E-state index contributed by atoms with van der Waals surface area (Å²) in [5.74, 6) is 6.46. The third-order valence-electron chi connectivity index (χ3n) is 4.12. The molecule has 0 saturated carbocycles. The van der Waals surface area contributed by atoms with Gasteiger partial charge in [0.25, 0.3) is 0 Å². The fourth-order valence-electron chi connectivity index (χ4n) is 2.54. The summed E-state index contributed by atoms with van der Waals surface area (Å²) >= 11 is 0. The number of ether oxygens (including phenoxy) is 1. The Hall–Kier alpha value is -3.52. The first kappa shape index (κ1) is 18.3. The zero-order valence-corrected chi connectivity index (χ0v) is 15.4. The minimum absolute atomic E-state index is 0.232. The molecule has 0 saturated heterocycles. The first-order valence-electron chi connectivity index (χ1n) is 8.68. The van der Waals surface area contributed by atoms with Crippen LogP contribution in [-0.4, -0.2) is 24.2 Å². The Morgan fingerprint density at radius 1 is 1.07 bits per heavy atom. The van der Waals surface area contributed by atoms with Crippen molar-refractivity contribution in [2.24, 2.45) is 0 Å². The molecule has 0 spiro atoms. The zero-order valence-electron chi connectivity index (χ0n) is 15.4. The highest BCUT2D eigenvalue weighted by molar-refractivity contribution is 5.89. The maximum atomic E-state index is 11.9. The lowest BCUT2D eigenvalue weighted by molar-refractivity contribution is 0.253. The number of urea groups is 1. The standard InChI is InChI=1S/C22H21N3O2/c1-16-10-11-19(15-17(16)2)25-22(26)24-12-3-4-14-27-20-9-5-7-18-8-6-13-23-21(18)20/h5-11,13,15H,12,14H2,1-2H3,(H2,24,25,26). The number of amides is 2. The van der Waals surface area contributed by atoms with Crippen molar-refractivity contribution >= 4 is 22.6 Å². The molecule has 2 N–H and O–H groups in total. The summed E-state index contributed by atoms with van der Waals surface area (Å²) in [4.78, 5) is 16.2. The maximum absolute atomic E-state index is 11.9. The fraction of sp³-hybridized carbons (Fsp3) is 0.182. The van der Waals surface area contributed by atoms with E-state index in [1.807, 2.05) is 62.4 Å². The van der Waals surface area contributed by atoms with Crippen molar-refractivity contribution in [1.82, 2.24) is 10.3 Å². The molecule has 0 aliphatic rings. The van der Waals surface area contributed by atoms with Crippen LogP contribution < -0.4 is 15.4 Å². The number of hydrogen-bond acceptors (Lipinski definition) is 3. The molecule has 0 radical (unpaired) electrons. The molecule has 0 bridgehead atoms. The summed E-state index contributed by atoms with van der Waals surface area (Å²) < 4.78 is 5.68. The van der Waals surface area contributed by atoms with Crippen LogP contribution in [0.5, 0.6) is 5.75 Å². The van der Waals surface area contributed by atoms with Gasteiger partial charge in [0.05, 0.1) is 6.54 Å². The van der Waals surface area contributed by atoms with Crippen molar-refractivity contribution in [2.75, 3.05) is 18.5 Å². The number of para-hydroxylation sites is 1. The van der Waals surface area contributed by atoms with E-state index in [0.29, 0.717) is 5.75 Å². The third kappa shape index (κ3) is 4.99. The van der Waals surface area contributed by atoms with Crippen LogP contribution in [0.1, 0.15) is 11.1 Å². The lowest BCUT2D eigenvalue weighted by Crippen LogP contribution is -2.29. The van der Waals surface area contributed by atoms with E-state index in [-0.39, 0.29) is 19.2 Å². The van der Waals surface area contributed by atoms with E-state index < -0.39 is 0 Å². The van der Waals surface area contributed by atoms with Gasteiger partial charge < -0.3 is 15.4 Å². The Kier molecular flexibility index (Phi) is 5.91. The molecule has 0 aliphatic heterocycles. The Morgan fingerprint density at radius 3 is 2.78 bits per heavy atom. The highest BCUT2D eigenvalue weighted by atomic mass is 16.5. The van der Waals surface area contributed by atoms with Gasteiger partial charge in [0.2, 0.25) is 0 Å². The summed E-state index contributed by atoms with van der Waals surface area (Å²) in [6.45, 7) is 4.52. The van der Waals surface area contributed by atoms with Gasteiger partial charge in [-0.2, -0.15) is 0 Å². The molecule has 1 heterocycles. The molecule has 1 aromatic heterocycles. The van der Waals surface area contributed by atoms with Crippen LogP contribution in [0.25, 0.3) is 10.9 Å². The summed E-state index contributed by atoms with van der Waals surface area (Å²) in [6.07, 6.45) is 1.74. The van der Waals surface area contributed by atoms with Crippen LogP contribution in [0.4, 0.5) is 10.5 Å². The summed E-state index contributed by atoms with van der Waals surface area (Å²) in [6, 6.07) is 15.2. The maximum Gasteiger partial charge on any atom is 0.319 e. The van der Waals surface area contributed by atoms with Crippen LogP contribution >= 0.6 is 0 Å². The minimum Gasteiger partial charge on any atom is -0.479 e. The molecule has 0 unspecified atom stereocenters. The summed E-state index contributed by atoms with van der Waals surface area (Å²) in [7, 11) is 0. The largest absolute Gasteiger partial charge is 0.479 e. The Morgan fingerprint density at radius 2 is 1.93 bits per heavy atom. The van der Waals surface area contributed by atoms with Crippen molar-refractivity contribution in [1.29, 1.82) is 0 Å². The number of rotatable bonds is 4. The second-order valence-corrected chi connectivity index (χ2v) is 6.08. The number of carbonyl (C=O) groups is 1. The van der Waals surface area contributed by atoms with E-state index in [9.17, 15) is 4.79 Å². The van der Waals surface area contributed by atoms with Gasteiger partial charge in [0.1, 0.15) is 17.9 Å². The van der Waals surface area contributed by atoms with E-state index in [1.165, 1.54) is 5.56 Å². The number of aromatic nitrogens is 1. The van der Waals surface area contributed by atoms with Crippen LogP contribution in [0.15, 0.2) is 54.7 Å². The minimum atomic E-state index is -0.285. The number of fused-ring (bicyclic) bond motifs is 1. The number of carbonyl (C=O) groups excluding carboxylic acids is 1. The normalized spacial score (nSPS) is 10.0. The van der Waals surface area contributed by atoms with Gasteiger partial charge >= 0.3 is 6.03 Å². The SMILES string of the molecule is Cc1ccc(NC(=O)NCC#CCOc2cccc3cccnc23)cc1C. The molecule has 2 aromatic carbocycles. The van der Waals surface area contributed by atoms with E-state index in [2.05, 4.69) is 27.5 Å². The summed E-state index contributed by atoms with van der Waals surface area (Å²) in [5.41, 5.74) is 3.89. The van der Waals surface area contributed by atoms with E-state index in [4.69, 9.17) is 4.74 Å². The van der Waals surface area contributed by atoms with Crippen molar-refractivity contribution < 1.29 is 9.53 Å². The van der Waals surface area contributed by atoms with E-state index >= 15 is 0 Å². The van der Waals surface area contributed by atoms with Gasteiger partial charge in [-0.05, 0) is 49.2 Å². The molecule has 3 rings (SSSR count). The first-order chi connectivity index (χ1) is 13.1. The number of hydrogen-bond donors (Lipinski definition) is 2. The van der Waals surface area contributed by atoms with Crippen molar-refractivity contribution in [3.63, 3.8) is 0 Å².